The molecule has 4 aromatic rings. The molecule has 0 radical (unpaired) electrons. The molecule has 162 valence electrons. The molecule has 0 spiro atoms. The van der Waals surface area contributed by atoms with Crippen LogP contribution in [0.3, 0.4) is 0 Å². The van der Waals surface area contributed by atoms with Gasteiger partial charge in [-0.05, 0) is 59.5 Å². The van der Waals surface area contributed by atoms with E-state index >= 15 is 0 Å². The molecule has 3 heterocycles. The normalized spacial score (nSPS) is 16.0. The van der Waals surface area contributed by atoms with E-state index in [1.54, 1.807) is 0 Å². The number of fused-ring (bicyclic) bond motifs is 1. The van der Waals surface area contributed by atoms with E-state index in [4.69, 9.17) is 0 Å². The van der Waals surface area contributed by atoms with Crippen molar-refractivity contribution in [2.45, 2.75) is 6.54 Å². The number of hydrogen-bond donors (Lipinski definition) is 2. The quantitative estimate of drug-likeness (QED) is 0.460. The lowest BCUT2D eigenvalue weighted by Gasteiger charge is -2.32. The van der Waals surface area contributed by atoms with Crippen LogP contribution in [0.2, 0.25) is 0 Å². The van der Waals surface area contributed by atoms with Gasteiger partial charge in [0.15, 0.2) is 0 Å². The summed E-state index contributed by atoms with van der Waals surface area (Å²) in [5.41, 5.74) is 6.77. The van der Waals surface area contributed by atoms with Crippen LogP contribution in [0.1, 0.15) is 28.1 Å². The van der Waals surface area contributed by atoms with Gasteiger partial charge in [0.05, 0.1) is 11.4 Å². The molecule has 0 amide bonds. The van der Waals surface area contributed by atoms with Gasteiger partial charge in [0.1, 0.15) is 0 Å². The SMILES string of the molecule is CN1CCN(Cc2ccc(/C=C/c3cc(C=Cc4ccc5cc[nH]c5c4)[nH]n3)cc2)CC1. The Bertz CT molecular complexity index is 1220. The van der Waals surface area contributed by atoms with Crippen molar-refractivity contribution >= 4 is 35.2 Å². The number of H-pyrrole nitrogens is 2. The summed E-state index contributed by atoms with van der Waals surface area (Å²) in [7, 11) is 2.20. The number of piperazine rings is 1. The van der Waals surface area contributed by atoms with Crippen LogP contribution in [-0.4, -0.2) is 58.2 Å². The number of benzene rings is 2. The summed E-state index contributed by atoms with van der Waals surface area (Å²) >= 11 is 0. The van der Waals surface area contributed by atoms with Crippen LogP contribution in [0.5, 0.6) is 0 Å². The van der Waals surface area contributed by atoms with E-state index < -0.39 is 0 Å². The molecular formula is C27H29N5. The largest absolute Gasteiger partial charge is 0.361 e. The minimum absolute atomic E-state index is 0.922. The first kappa shape index (κ1) is 20.5. The summed E-state index contributed by atoms with van der Waals surface area (Å²) in [6.07, 6.45) is 10.3. The van der Waals surface area contributed by atoms with Crippen molar-refractivity contribution in [2.75, 3.05) is 33.2 Å². The minimum atomic E-state index is 0.922. The molecule has 2 N–H and O–H groups in total. The number of likely N-dealkylation sites (N-methyl/N-ethyl adjacent to an activating group) is 1. The highest BCUT2D eigenvalue weighted by Gasteiger charge is 2.13. The zero-order valence-electron chi connectivity index (χ0n) is 18.5. The summed E-state index contributed by atoms with van der Waals surface area (Å²) in [6, 6.07) is 19.4. The molecule has 5 rings (SSSR count). The third-order valence-electron chi connectivity index (χ3n) is 6.08. The number of rotatable bonds is 6. The zero-order valence-corrected chi connectivity index (χ0v) is 18.5. The molecule has 2 aromatic heterocycles. The van der Waals surface area contributed by atoms with Crippen molar-refractivity contribution in [3.8, 4) is 0 Å². The molecule has 0 aliphatic carbocycles. The predicted octanol–water partition coefficient (Wildman–Crippen LogP) is 4.98. The van der Waals surface area contributed by atoms with Crippen LogP contribution in [0.4, 0.5) is 0 Å². The molecule has 0 atom stereocenters. The molecule has 1 aliphatic rings. The molecule has 1 aliphatic heterocycles. The van der Waals surface area contributed by atoms with Gasteiger partial charge in [0.2, 0.25) is 0 Å². The van der Waals surface area contributed by atoms with Crippen molar-refractivity contribution in [3.05, 3.63) is 88.9 Å². The molecule has 5 heteroatoms. The Morgan fingerprint density at radius 3 is 2.47 bits per heavy atom. The van der Waals surface area contributed by atoms with Gasteiger partial charge < -0.3 is 9.88 Å². The van der Waals surface area contributed by atoms with Gasteiger partial charge >= 0.3 is 0 Å². The second kappa shape index (κ2) is 9.39. The van der Waals surface area contributed by atoms with E-state index in [1.807, 2.05) is 12.3 Å². The second-order valence-corrected chi connectivity index (χ2v) is 8.56. The maximum Gasteiger partial charge on any atom is 0.0854 e. The molecule has 1 fully saturated rings. The highest BCUT2D eigenvalue weighted by atomic mass is 15.2. The van der Waals surface area contributed by atoms with Gasteiger partial charge in [0.25, 0.3) is 0 Å². The Morgan fingerprint density at radius 1 is 0.844 bits per heavy atom. The maximum absolute atomic E-state index is 4.41. The highest BCUT2D eigenvalue weighted by Crippen LogP contribution is 2.17. The molecule has 1 saturated heterocycles. The lowest BCUT2D eigenvalue weighted by molar-refractivity contribution is 0.148. The summed E-state index contributed by atoms with van der Waals surface area (Å²) in [5, 5.41) is 8.73. The van der Waals surface area contributed by atoms with Gasteiger partial charge in [-0.1, -0.05) is 48.6 Å². The fourth-order valence-electron chi connectivity index (χ4n) is 4.06. The lowest BCUT2D eigenvalue weighted by atomic mass is 10.1. The van der Waals surface area contributed by atoms with E-state index in [0.29, 0.717) is 0 Å². The number of hydrogen-bond acceptors (Lipinski definition) is 3. The molecule has 32 heavy (non-hydrogen) atoms. The maximum atomic E-state index is 4.41. The van der Waals surface area contributed by atoms with E-state index in [1.165, 1.54) is 16.5 Å². The van der Waals surface area contributed by atoms with Crippen LogP contribution < -0.4 is 0 Å². The second-order valence-electron chi connectivity index (χ2n) is 8.56. The smallest absolute Gasteiger partial charge is 0.0854 e. The fourth-order valence-corrected chi connectivity index (χ4v) is 4.06. The number of nitrogens with one attached hydrogen (secondary N) is 2. The topological polar surface area (TPSA) is 51.0 Å². The summed E-state index contributed by atoms with van der Waals surface area (Å²) < 4.78 is 0. The van der Waals surface area contributed by atoms with Crippen molar-refractivity contribution in [1.82, 2.24) is 25.0 Å². The van der Waals surface area contributed by atoms with Gasteiger partial charge in [-0.3, -0.25) is 10.00 Å². The van der Waals surface area contributed by atoms with E-state index in [-0.39, 0.29) is 0 Å². The van der Waals surface area contributed by atoms with Crippen LogP contribution in [0.25, 0.3) is 35.2 Å². The van der Waals surface area contributed by atoms with Crippen molar-refractivity contribution in [2.24, 2.45) is 0 Å². The average molecular weight is 424 g/mol. The molecular weight excluding hydrogens is 394 g/mol. The van der Waals surface area contributed by atoms with Gasteiger partial charge in [-0.25, -0.2) is 0 Å². The van der Waals surface area contributed by atoms with Crippen LogP contribution in [-0.2, 0) is 6.54 Å². The lowest BCUT2D eigenvalue weighted by Crippen LogP contribution is -2.43. The number of aromatic nitrogens is 3. The van der Waals surface area contributed by atoms with Crippen LogP contribution in [0, 0.1) is 0 Å². The Balaban J connectivity index is 1.18. The molecule has 5 nitrogen and oxygen atoms in total. The van der Waals surface area contributed by atoms with Crippen molar-refractivity contribution in [3.63, 3.8) is 0 Å². The monoisotopic (exact) mass is 423 g/mol. The fraction of sp³-hybridized carbons (Fsp3) is 0.222. The van der Waals surface area contributed by atoms with Crippen LogP contribution >= 0.6 is 0 Å². The minimum Gasteiger partial charge on any atom is -0.361 e. The molecule has 0 saturated carbocycles. The van der Waals surface area contributed by atoms with Gasteiger partial charge in [0, 0.05) is 44.4 Å². The highest BCUT2D eigenvalue weighted by molar-refractivity contribution is 5.83. The van der Waals surface area contributed by atoms with E-state index in [2.05, 4.69) is 105 Å². The predicted molar refractivity (Wildman–Crippen MR) is 134 cm³/mol. The van der Waals surface area contributed by atoms with Gasteiger partial charge in [-0.15, -0.1) is 0 Å². The summed E-state index contributed by atoms with van der Waals surface area (Å²) in [5.74, 6) is 0. The van der Waals surface area contributed by atoms with Crippen molar-refractivity contribution in [1.29, 1.82) is 0 Å². The molecule has 2 aromatic carbocycles. The zero-order chi connectivity index (χ0) is 21.8. The summed E-state index contributed by atoms with van der Waals surface area (Å²) in [6.45, 7) is 5.64. The Kier molecular flexibility index (Phi) is 6.01. The third kappa shape index (κ3) is 5.07. The number of nitrogens with zero attached hydrogens (tertiary/aromatic N) is 3. The van der Waals surface area contributed by atoms with E-state index in [9.17, 15) is 0 Å². The number of aromatic amines is 2. The first-order valence-corrected chi connectivity index (χ1v) is 11.2. The summed E-state index contributed by atoms with van der Waals surface area (Å²) in [4.78, 5) is 8.17. The van der Waals surface area contributed by atoms with E-state index in [0.717, 1.165) is 55.2 Å². The first-order valence-electron chi connectivity index (χ1n) is 11.2. The molecule has 0 unspecified atom stereocenters. The Labute approximate surface area is 189 Å². The Morgan fingerprint density at radius 2 is 1.62 bits per heavy atom. The standard InChI is InChI=1S/C27H29N5/c1-31-14-16-32(17-15-31)20-23-4-2-21(3-5-23)7-10-25-19-26(30-29-25)11-8-22-6-9-24-12-13-28-27(24)18-22/h2-13,18-19,28H,14-17,20H2,1H3,(H,29,30)/b10-7+,11-8?. The first-order chi connectivity index (χ1) is 15.7. The van der Waals surface area contributed by atoms with Gasteiger partial charge in [-0.2, -0.15) is 5.10 Å². The van der Waals surface area contributed by atoms with Crippen molar-refractivity contribution < 1.29 is 0 Å². The molecule has 0 bridgehead atoms. The Hall–Kier alpha value is -3.41. The van der Waals surface area contributed by atoms with Crippen LogP contribution in [0.15, 0.2) is 60.8 Å². The average Bonchev–Trinajstić information content (AvgIpc) is 3.48. The third-order valence-corrected chi connectivity index (χ3v) is 6.08.